The maximum Gasteiger partial charge on any atom is 0.261 e. The van der Waals surface area contributed by atoms with Crippen molar-refractivity contribution in [3.05, 3.63) is 88.7 Å². The van der Waals surface area contributed by atoms with E-state index in [1.165, 1.54) is 18.2 Å². The number of nitrogens with zero attached hydrogens (tertiary/aromatic N) is 1. The first-order valence-corrected chi connectivity index (χ1v) is 10.3. The minimum Gasteiger partial charge on any atom is -0.346 e. The summed E-state index contributed by atoms with van der Waals surface area (Å²) in [5, 5.41) is 2.73. The van der Waals surface area contributed by atoms with Crippen molar-refractivity contribution < 1.29 is 13.2 Å². The molecule has 1 heterocycles. The highest BCUT2D eigenvalue weighted by Gasteiger charge is 2.16. The first-order valence-electron chi connectivity index (χ1n) is 8.01. The van der Waals surface area contributed by atoms with Crippen LogP contribution < -0.4 is 10.0 Å². The number of sulfonamides is 1. The second-order valence-corrected chi connectivity index (χ2v) is 8.24. The molecule has 3 rings (SSSR count). The second-order valence-electron chi connectivity index (χ2n) is 5.64. The van der Waals surface area contributed by atoms with Crippen LogP contribution in [0.1, 0.15) is 16.1 Å². The van der Waals surface area contributed by atoms with E-state index in [2.05, 4.69) is 31.0 Å². The van der Waals surface area contributed by atoms with E-state index in [1.54, 1.807) is 48.7 Å². The summed E-state index contributed by atoms with van der Waals surface area (Å²) in [7, 11) is -3.81. The Kier molecular flexibility index (Phi) is 5.88. The maximum atomic E-state index is 12.6. The van der Waals surface area contributed by atoms with Crippen LogP contribution in [0.2, 0.25) is 0 Å². The number of hydrogen-bond acceptors (Lipinski definition) is 4. The molecule has 6 nitrogen and oxygen atoms in total. The van der Waals surface area contributed by atoms with Crippen LogP contribution in [-0.4, -0.2) is 19.3 Å². The van der Waals surface area contributed by atoms with Crippen molar-refractivity contribution in [2.75, 3.05) is 4.72 Å². The second kappa shape index (κ2) is 8.32. The van der Waals surface area contributed by atoms with E-state index in [9.17, 15) is 13.2 Å². The highest BCUT2D eigenvalue weighted by atomic mass is 79.9. The number of hydrogen-bond donors (Lipinski definition) is 2. The van der Waals surface area contributed by atoms with E-state index in [0.29, 0.717) is 11.4 Å². The SMILES string of the molecule is O=C(NCc1ccccn1)c1cccc(S(=O)(=O)Nc2ccc(Br)cc2)c1. The fraction of sp³-hybridized carbons (Fsp3) is 0.0526. The van der Waals surface area contributed by atoms with Crippen LogP contribution in [0.4, 0.5) is 5.69 Å². The molecule has 0 spiro atoms. The van der Waals surface area contributed by atoms with E-state index in [1.807, 2.05) is 6.07 Å². The number of pyridine rings is 1. The minimum absolute atomic E-state index is 0.0101. The first kappa shape index (κ1) is 19.1. The van der Waals surface area contributed by atoms with Gasteiger partial charge in [-0.15, -0.1) is 0 Å². The van der Waals surface area contributed by atoms with Gasteiger partial charge in [-0.05, 0) is 54.6 Å². The number of benzene rings is 2. The van der Waals surface area contributed by atoms with Gasteiger partial charge in [0, 0.05) is 21.9 Å². The number of rotatable bonds is 6. The lowest BCUT2D eigenvalue weighted by Crippen LogP contribution is -2.23. The average molecular weight is 446 g/mol. The Morgan fingerprint density at radius 1 is 1.00 bits per heavy atom. The molecule has 0 aliphatic heterocycles. The third kappa shape index (κ3) is 5.15. The monoisotopic (exact) mass is 445 g/mol. The molecule has 0 saturated carbocycles. The summed E-state index contributed by atoms with van der Waals surface area (Å²) in [5.74, 6) is -0.374. The highest BCUT2D eigenvalue weighted by molar-refractivity contribution is 9.10. The molecule has 2 aromatic carbocycles. The third-order valence-corrected chi connectivity index (χ3v) is 5.57. The third-order valence-electron chi connectivity index (χ3n) is 3.66. The number of aromatic nitrogens is 1. The van der Waals surface area contributed by atoms with Crippen LogP contribution in [0.5, 0.6) is 0 Å². The van der Waals surface area contributed by atoms with Crippen molar-refractivity contribution in [3.8, 4) is 0 Å². The summed E-state index contributed by atoms with van der Waals surface area (Å²) in [4.78, 5) is 16.5. The normalized spacial score (nSPS) is 11.0. The molecule has 138 valence electrons. The Hall–Kier alpha value is -2.71. The van der Waals surface area contributed by atoms with Crippen LogP contribution in [0.25, 0.3) is 0 Å². The van der Waals surface area contributed by atoms with Gasteiger partial charge in [0.05, 0.1) is 17.1 Å². The molecule has 0 fully saturated rings. The Balaban J connectivity index is 1.73. The molecule has 0 unspecified atom stereocenters. The Morgan fingerprint density at radius 2 is 1.78 bits per heavy atom. The van der Waals surface area contributed by atoms with E-state index in [4.69, 9.17) is 0 Å². The Morgan fingerprint density at radius 3 is 2.48 bits per heavy atom. The van der Waals surface area contributed by atoms with Gasteiger partial charge < -0.3 is 5.32 Å². The lowest BCUT2D eigenvalue weighted by Gasteiger charge is -2.10. The molecular formula is C19H16BrN3O3S. The van der Waals surface area contributed by atoms with Gasteiger partial charge >= 0.3 is 0 Å². The Bertz CT molecular complexity index is 1040. The van der Waals surface area contributed by atoms with Gasteiger partial charge in [0.15, 0.2) is 0 Å². The van der Waals surface area contributed by atoms with Crippen LogP contribution in [0.15, 0.2) is 82.3 Å². The number of carbonyl (C=O) groups excluding carboxylic acids is 1. The van der Waals surface area contributed by atoms with Crippen LogP contribution in [-0.2, 0) is 16.6 Å². The fourth-order valence-corrected chi connectivity index (χ4v) is 3.68. The zero-order valence-electron chi connectivity index (χ0n) is 14.1. The topological polar surface area (TPSA) is 88.2 Å². The number of amides is 1. The lowest BCUT2D eigenvalue weighted by molar-refractivity contribution is 0.0950. The van der Waals surface area contributed by atoms with Gasteiger partial charge in [0.25, 0.3) is 15.9 Å². The molecule has 27 heavy (non-hydrogen) atoms. The van der Waals surface area contributed by atoms with Crippen LogP contribution in [0.3, 0.4) is 0 Å². The summed E-state index contributed by atoms with van der Waals surface area (Å²) in [6.45, 7) is 0.258. The Labute approximate surface area is 165 Å². The van der Waals surface area contributed by atoms with Gasteiger partial charge in [-0.1, -0.05) is 28.1 Å². The van der Waals surface area contributed by atoms with Gasteiger partial charge in [0.2, 0.25) is 0 Å². The lowest BCUT2D eigenvalue weighted by atomic mass is 10.2. The van der Waals surface area contributed by atoms with Crippen LogP contribution in [0, 0.1) is 0 Å². The molecule has 0 atom stereocenters. The predicted octanol–water partition coefficient (Wildman–Crippen LogP) is 3.57. The summed E-state index contributed by atoms with van der Waals surface area (Å²) in [6, 6.07) is 18.1. The number of carbonyl (C=O) groups is 1. The standard InChI is InChI=1S/C19H16BrN3O3S/c20-15-7-9-16(10-8-15)23-27(25,26)18-6-3-4-14(12-18)19(24)22-13-17-5-1-2-11-21-17/h1-12,23H,13H2,(H,22,24). The van der Waals surface area contributed by atoms with E-state index in [-0.39, 0.29) is 22.9 Å². The quantitative estimate of drug-likeness (QED) is 0.606. The number of halogens is 1. The van der Waals surface area contributed by atoms with E-state index in [0.717, 1.165) is 4.47 Å². The van der Waals surface area contributed by atoms with E-state index < -0.39 is 10.0 Å². The number of nitrogens with one attached hydrogen (secondary N) is 2. The van der Waals surface area contributed by atoms with Crippen molar-refractivity contribution in [2.45, 2.75) is 11.4 Å². The zero-order valence-corrected chi connectivity index (χ0v) is 16.5. The molecule has 0 aliphatic rings. The van der Waals surface area contributed by atoms with Crippen molar-refractivity contribution in [1.29, 1.82) is 0 Å². The largest absolute Gasteiger partial charge is 0.346 e. The zero-order chi connectivity index (χ0) is 19.3. The summed E-state index contributed by atoms with van der Waals surface area (Å²) in [5.41, 5.74) is 1.40. The molecular weight excluding hydrogens is 430 g/mol. The summed E-state index contributed by atoms with van der Waals surface area (Å²) >= 11 is 3.30. The van der Waals surface area contributed by atoms with Crippen LogP contribution >= 0.6 is 15.9 Å². The van der Waals surface area contributed by atoms with Crippen molar-refractivity contribution in [2.24, 2.45) is 0 Å². The minimum atomic E-state index is -3.81. The van der Waals surface area contributed by atoms with Crippen molar-refractivity contribution in [3.63, 3.8) is 0 Å². The molecule has 8 heteroatoms. The number of anilines is 1. The molecule has 0 radical (unpaired) electrons. The van der Waals surface area contributed by atoms with E-state index >= 15 is 0 Å². The first-order chi connectivity index (χ1) is 12.9. The van der Waals surface area contributed by atoms with Gasteiger partial charge in [0.1, 0.15) is 0 Å². The van der Waals surface area contributed by atoms with Crippen molar-refractivity contribution in [1.82, 2.24) is 10.3 Å². The molecule has 3 aromatic rings. The summed E-state index contributed by atoms with van der Waals surface area (Å²) < 4.78 is 28.5. The van der Waals surface area contributed by atoms with Gasteiger partial charge in [-0.2, -0.15) is 0 Å². The fourth-order valence-electron chi connectivity index (χ4n) is 2.31. The van der Waals surface area contributed by atoms with Gasteiger partial charge in [-0.25, -0.2) is 8.42 Å². The average Bonchev–Trinajstić information content (AvgIpc) is 2.68. The molecule has 1 aromatic heterocycles. The van der Waals surface area contributed by atoms with Crippen molar-refractivity contribution >= 4 is 37.5 Å². The molecule has 0 saturated heterocycles. The molecule has 1 amide bonds. The molecule has 2 N–H and O–H groups in total. The van der Waals surface area contributed by atoms with Gasteiger partial charge in [-0.3, -0.25) is 14.5 Å². The highest BCUT2D eigenvalue weighted by Crippen LogP contribution is 2.19. The smallest absolute Gasteiger partial charge is 0.261 e. The molecule has 0 aliphatic carbocycles. The molecule has 0 bridgehead atoms. The maximum absolute atomic E-state index is 12.6. The summed E-state index contributed by atoms with van der Waals surface area (Å²) in [6.07, 6.45) is 1.64. The predicted molar refractivity (Wildman–Crippen MR) is 107 cm³/mol.